The molecule has 1 aliphatic rings. The number of imidazole rings is 1. The predicted octanol–water partition coefficient (Wildman–Crippen LogP) is 0.853. The summed E-state index contributed by atoms with van der Waals surface area (Å²) < 4.78 is 18.2. The minimum atomic E-state index is -0.586. The third kappa shape index (κ3) is 3.61. The second kappa shape index (κ2) is 6.76. The monoisotopic (exact) mass is 367 g/mol. The number of esters is 2. The fourth-order valence-electron chi connectivity index (χ4n) is 2.73. The molecule has 0 saturated carbocycles. The van der Waals surface area contributed by atoms with Gasteiger partial charge in [0, 0.05) is 20.3 Å². The number of anilines is 1. The fraction of sp³-hybridized carbons (Fsp3) is 0.500. The van der Waals surface area contributed by atoms with Gasteiger partial charge in [-0.25, -0.2) is 9.97 Å². The van der Waals surface area contributed by atoms with E-state index >= 15 is 0 Å². The van der Waals surface area contributed by atoms with Crippen molar-refractivity contribution in [1.29, 1.82) is 0 Å². The molecule has 3 atom stereocenters. The molecule has 25 heavy (non-hydrogen) atoms. The fourth-order valence-corrected chi connectivity index (χ4v) is 2.98. The summed E-state index contributed by atoms with van der Waals surface area (Å²) in [6.45, 7) is 2.59. The van der Waals surface area contributed by atoms with Crippen molar-refractivity contribution in [1.82, 2.24) is 19.5 Å². The van der Waals surface area contributed by atoms with Gasteiger partial charge >= 0.3 is 11.9 Å². The maximum absolute atomic E-state index is 11.3. The molecule has 0 aromatic carbocycles. The molecule has 0 bridgehead atoms. The molecule has 0 aliphatic carbocycles. The number of ether oxygens (including phenoxy) is 3. The lowest BCUT2D eigenvalue weighted by Crippen LogP contribution is -2.31. The number of nitrogens with one attached hydrogen (secondary N) is 1. The predicted molar refractivity (Wildman–Crippen MR) is 87.8 cm³/mol. The molecule has 3 rings (SSSR count). The van der Waals surface area contributed by atoms with Crippen LogP contribution in [-0.2, 0) is 23.8 Å². The molecule has 0 spiro atoms. The highest BCUT2D eigenvalue weighted by atomic mass is 32.1. The van der Waals surface area contributed by atoms with E-state index in [9.17, 15) is 9.59 Å². The summed E-state index contributed by atoms with van der Waals surface area (Å²) in [4.78, 5) is 33.5. The number of carbonyl (C=O) groups excluding carboxylic acids is 2. The number of fused-ring (bicyclic) bond motifs is 1. The van der Waals surface area contributed by atoms with Crippen molar-refractivity contribution in [3.05, 3.63) is 11.0 Å². The van der Waals surface area contributed by atoms with Gasteiger partial charge in [0.2, 0.25) is 0 Å². The first kappa shape index (κ1) is 17.3. The highest BCUT2D eigenvalue weighted by molar-refractivity contribution is 7.71. The molecule has 2 aromatic heterocycles. The van der Waals surface area contributed by atoms with E-state index in [1.807, 2.05) is 0 Å². The van der Waals surface area contributed by atoms with Crippen LogP contribution in [0.1, 0.15) is 26.5 Å². The SMILES string of the molecule is CC(=O)OCC1OC(n2cnc3c(=S)nc(N)[nH]c32)CC1OC(C)=O. The number of nitrogens with two attached hydrogens (primary N) is 1. The van der Waals surface area contributed by atoms with Gasteiger partial charge in [0.15, 0.2) is 10.6 Å². The average molecular weight is 367 g/mol. The highest BCUT2D eigenvalue weighted by Gasteiger charge is 2.39. The van der Waals surface area contributed by atoms with Gasteiger partial charge in [0.05, 0.1) is 6.33 Å². The lowest BCUT2D eigenvalue weighted by Gasteiger charge is -2.17. The maximum Gasteiger partial charge on any atom is 0.303 e. The summed E-state index contributed by atoms with van der Waals surface area (Å²) in [6.07, 6.45) is 0.267. The van der Waals surface area contributed by atoms with Gasteiger partial charge < -0.3 is 24.9 Å². The molecule has 3 unspecified atom stereocenters. The van der Waals surface area contributed by atoms with Gasteiger partial charge in [-0.15, -0.1) is 0 Å². The molecular weight excluding hydrogens is 350 g/mol. The Kier molecular flexibility index (Phi) is 4.68. The van der Waals surface area contributed by atoms with Gasteiger partial charge in [-0.2, -0.15) is 0 Å². The van der Waals surface area contributed by atoms with Crippen molar-refractivity contribution >= 4 is 41.3 Å². The molecule has 10 nitrogen and oxygen atoms in total. The molecule has 2 aromatic rings. The quantitative estimate of drug-likeness (QED) is 0.595. The van der Waals surface area contributed by atoms with Gasteiger partial charge in [-0.05, 0) is 0 Å². The Hall–Kier alpha value is -2.53. The summed E-state index contributed by atoms with van der Waals surface area (Å²) in [6, 6.07) is 0. The van der Waals surface area contributed by atoms with Crippen molar-refractivity contribution < 1.29 is 23.8 Å². The zero-order chi connectivity index (χ0) is 18.1. The van der Waals surface area contributed by atoms with Crippen LogP contribution in [0.3, 0.4) is 0 Å². The van der Waals surface area contributed by atoms with Gasteiger partial charge in [-0.3, -0.25) is 14.2 Å². The first-order chi connectivity index (χ1) is 11.8. The number of aromatic nitrogens is 4. The van der Waals surface area contributed by atoms with Gasteiger partial charge in [0.1, 0.15) is 36.2 Å². The van der Waals surface area contributed by atoms with Crippen LogP contribution in [0.4, 0.5) is 5.95 Å². The molecule has 1 saturated heterocycles. The lowest BCUT2D eigenvalue weighted by molar-refractivity contribution is -0.155. The molecule has 134 valence electrons. The van der Waals surface area contributed by atoms with Crippen LogP contribution in [-0.4, -0.2) is 50.3 Å². The number of aromatic amines is 1. The van der Waals surface area contributed by atoms with Crippen LogP contribution in [0.15, 0.2) is 6.33 Å². The Morgan fingerprint density at radius 2 is 2.24 bits per heavy atom. The molecule has 3 N–H and O–H groups in total. The Bertz CT molecular complexity index is 878. The summed E-state index contributed by atoms with van der Waals surface area (Å²) >= 11 is 5.15. The van der Waals surface area contributed by atoms with E-state index in [-0.39, 0.29) is 17.2 Å². The Morgan fingerprint density at radius 1 is 1.48 bits per heavy atom. The van der Waals surface area contributed by atoms with E-state index in [0.717, 1.165) is 0 Å². The van der Waals surface area contributed by atoms with Crippen LogP contribution in [0.25, 0.3) is 11.2 Å². The summed E-state index contributed by atoms with van der Waals surface area (Å²) in [5, 5.41) is 0. The van der Waals surface area contributed by atoms with Crippen LogP contribution in [0.2, 0.25) is 0 Å². The van der Waals surface area contributed by atoms with Crippen molar-refractivity contribution in [2.75, 3.05) is 12.3 Å². The standard InChI is InChI=1S/C14H17N5O5S/c1-6(20)22-4-9-8(23-7(2)21)3-10(24-9)19-5-16-11-12(19)17-14(15)18-13(11)25/h5,8-10H,3-4H2,1-2H3,(H3,15,17,18,25). The van der Waals surface area contributed by atoms with Crippen molar-refractivity contribution in [2.45, 2.75) is 38.7 Å². The number of nitrogens with zero attached hydrogens (tertiary/aromatic N) is 3. The first-order valence-electron chi connectivity index (χ1n) is 7.53. The Balaban J connectivity index is 1.89. The number of nitrogen functional groups attached to an aromatic ring is 1. The molecular formula is C14H17N5O5S. The van der Waals surface area contributed by atoms with Crippen molar-refractivity contribution in [2.24, 2.45) is 0 Å². The van der Waals surface area contributed by atoms with Crippen molar-refractivity contribution in [3.63, 3.8) is 0 Å². The summed E-state index contributed by atoms with van der Waals surface area (Å²) in [7, 11) is 0. The zero-order valence-corrected chi connectivity index (χ0v) is 14.4. The van der Waals surface area contributed by atoms with E-state index in [4.69, 9.17) is 32.2 Å². The Labute approximate surface area is 147 Å². The minimum Gasteiger partial charge on any atom is -0.463 e. The molecule has 3 heterocycles. The third-order valence-corrected chi connectivity index (χ3v) is 4.01. The Morgan fingerprint density at radius 3 is 2.92 bits per heavy atom. The van der Waals surface area contributed by atoms with E-state index < -0.39 is 30.4 Å². The van der Waals surface area contributed by atoms with Crippen molar-refractivity contribution in [3.8, 4) is 0 Å². The van der Waals surface area contributed by atoms with E-state index in [2.05, 4.69) is 15.0 Å². The second-order valence-electron chi connectivity index (χ2n) is 5.59. The van der Waals surface area contributed by atoms with Crippen LogP contribution in [0.5, 0.6) is 0 Å². The normalized spacial score (nSPS) is 22.9. The van der Waals surface area contributed by atoms with E-state index in [0.29, 0.717) is 17.6 Å². The number of hydrogen-bond donors (Lipinski definition) is 2. The van der Waals surface area contributed by atoms with Crippen LogP contribution in [0, 0.1) is 4.64 Å². The van der Waals surface area contributed by atoms with Crippen LogP contribution < -0.4 is 5.73 Å². The number of H-pyrrole nitrogens is 1. The molecule has 1 fully saturated rings. The number of rotatable bonds is 4. The average Bonchev–Trinajstić information content (AvgIpc) is 3.08. The van der Waals surface area contributed by atoms with Gasteiger partial charge in [-0.1, -0.05) is 12.2 Å². The molecule has 11 heteroatoms. The largest absolute Gasteiger partial charge is 0.463 e. The maximum atomic E-state index is 11.3. The topological polar surface area (TPSA) is 134 Å². The second-order valence-corrected chi connectivity index (χ2v) is 5.98. The third-order valence-electron chi connectivity index (χ3n) is 3.72. The number of hydrogen-bond acceptors (Lipinski definition) is 9. The number of carbonyl (C=O) groups is 2. The van der Waals surface area contributed by atoms with E-state index in [1.54, 1.807) is 10.9 Å². The molecule has 0 amide bonds. The highest BCUT2D eigenvalue weighted by Crippen LogP contribution is 2.33. The van der Waals surface area contributed by atoms with Crippen LogP contribution >= 0.6 is 12.2 Å². The zero-order valence-electron chi connectivity index (χ0n) is 13.6. The first-order valence-corrected chi connectivity index (χ1v) is 7.94. The molecule has 0 radical (unpaired) electrons. The smallest absolute Gasteiger partial charge is 0.303 e. The van der Waals surface area contributed by atoms with Gasteiger partial charge in [0.25, 0.3) is 0 Å². The minimum absolute atomic E-state index is 0.0178. The lowest BCUT2D eigenvalue weighted by atomic mass is 10.2. The molecule has 1 aliphatic heterocycles. The summed E-state index contributed by atoms with van der Waals surface area (Å²) in [5.74, 6) is -0.722. The van der Waals surface area contributed by atoms with E-state index in [1.165, 1.54) is 13.8 Å². The summed E-state index contributed by atoms with van der Waals surface area (Å²) in [5.41, 5.74) is 6.75.